The predicted octanol–water partition coefficient (Wildman–Crippen LogP) is 2.51. The van der Waals surface area contributed by atoms with E-state index in [4.69, 9.17) is 9.47 Å². The van der Waals surface area contributed by atoms with Crippen molar-refractivity contribution in [3.8, 4) is 0 Å². The maximum Gasteiger partial charge on any atom is 0.253 e. The summed E-state index contributed by atoms with van der Waals surface area (Å²) < 4.78 is 11.2. The van der Waals surface area contributed by atoms with Gasteiger partial charge in [0.2, 0.25) is 5.91 Å². The smallest absolute Gasteiger partial charge is 0.253 e. The van der Waals surface area contributed by atoms with E-state index < -0.39 is 0 Å². The summed E-state index contributed by atoms with van der Waals surface area (Å²) in [6.07, 6.45) is 2.64. The lowest BCUT2D eigenvalue weighted by molar-refractivity contribution is -0.117. The summed E-state index contributed by atoms with van der Waals surface area (Å²) >= 11 is 0. The molecule has 3 aliphatic rings. The monoisotopic (exact) mass is 358 g/mol. The van der Waals surface area contributed by atoms with E-state index in [-0.39, 0.29) is 24.0 Å². The molecule has 0 bridgehead atoms. The van der Waals surface area contributed by atoms with E-state index in [1.807, 2.05) is 23.1 Å². The molecule has 0 spiro atoms. The van der Waals surface area contributed by atoms with Crippen LogP contribution in [-0.2, 0) is 14.3 Å². The number of ether oxygens (including phenoxy) is 2. The fraction of sp³-hybridized carbons (Fsp3) is 0.600. The minimum absolute atomic E-state index is 0.0209. The lowest BCUT2D eigenvalue weighted by atomic mass is 9.95. The van der Waals surface area contributed by atoms with Crippen LogP contribution in [0.4, 0.5) is 5.69 Å². The summed E-state index contributed by atoms with van der Waals surface area (Å²) in [5.41, 5.74) is 1.32. The lowest BCUT2D eigenvalue weighted by Gasteiger charge is -2.34. The van der Waals surface area contributed by atoms with E-state index in [9.17, 15) is 9.59 Å². The van der Waals surface area contributed by atoms with Crippen molar-refractivity contribution in [2.75, 3.05) is 31.6 Å². The van der Waals surface area contributed by atoms with Crippen LogP contribution in [0.25, 0.3) is 0 Å². The molecule has 6 nitrogen and oxygen atoms in total. The van der Waals surface area contributed by atoms with Crippen LogP contribution in [0.5, 0.6) is 0 Å². The highest BCUT2D eigenvalue weighted by molar-refractivity contribution is 5.98. The van der Waals surface area contributed by atoms with E-state index in [1.54, 1.807) is 6.07 Å². The van der Waals surface area contributed by atoms with Gasteiger partial charge in [0.1, 0.15) is 0 Å². The van der Waals surface area contributed by atoms with Crippen LogP contribution in [0.1, 0.15) is 36.5 Å². The van der Waals surface area contributed by atoms with Gasteiger partial charge < -0.3 is 19.7 Å². The van der Waals surface area contributed by atoms with Gasteiger partial charge in [-0.3, -0.25) is 9.59 Å². The number of piperidine rings is 1. The summed E-state index contributed by atoms with van der Waals surface area (Å²) in [4.78, 5) is 26.8. The van der Waals surface area contributed by atoms with E-state index in [2.05, 4.69) is 12.2 Å². The number of likely N-dealkylation sites (tertiary alicyclic amines) is 1. The Morgan fingerprint density at radius 3 is 2.50 bits per heavy atom. The molecule has 1 aromatic carbocycles. The van der Waals surface area contributed by atoms with Gasteiger partial charge in [0, 0.05) is 36.2 Å². The number of nitrogens with one attached hydrogen (secondary N) is 1. The topological polar surface area (TPSA) is 67.9 Å². The van der Waals surface area contributed by atoms with Crippen LogP contribution in [0.15, 0.2) is 24.3 Å². The Labute approximate surface area is 153 Å². The third-order valence-electron chi connectivity index (χ3n) is 5.68. The van der Waals surface area contributed by atoms with Crippen molar-refractivity contribution in [2.24, 2.45) is 17.8 Å². The molecule has 2 amide bonds. The van der Waals surface area contributed by atoms with Crippen LogP contribution in [-0.4, -0.2) is 49.3 Å². The first-order valence-corrected chi connectivity index (χ1v) is 9.55. The second-order valence-corrected chi connectivity index (χ2v) is 7.63. The standard InChI is InChI=1S/C20H26N2O4/c1-13-11-17(13)18(23)21-16-4-2-3-15(12-16)19(24)22-7-5-14(6-8-22)20-25-9-10-26-20/h2-4,12-14,17,20H,5-11H2,1H3,(H,21,23). The Hall–Kier alpha value is -1.92. The van der Waals surface area contributed by atoms with Crippen molar-refractivity contribution in [1.29, 1.82) is 0 Å². The maximum absolute atomic E-state index is 12.8. The van der Waals surface area contributed by atoms with Gasteiger partial charge in [0.05, 0.1) is 13.2 Å². The molecule has 0 radical (unpaired) electrons. The van der Waals surface area contributed by atoms with Gasteiger partial charge in [-0.05, 0) is 43.4 Å². The zero-order chi connectivity index (χ0) is 18.1. The molecule has 1 saturated carbocycles. The molecule has 26 heavy (non-hydrogen) atoms. The molecule has 1 aliphatic carbocycles. The first-order valence-electron chi connectivity index (χ1n) is 9.55. The molecule has 4 rings (SSSR count). The highest BCUT2D eigenvalue weighted by Gasteiger charge is 2.39. The Morgan fingerprint density at radius 2 is 1.85 bits per heavy atom. The van der Waals surface area contributed by atoms with Crippen molar-refractivity contribution >= 4 is 17.5 Å². The van der Waals surface area contributed by atoms with Crippen molar-refractivity contribution in [1.82, 2.24) is 4.90 Å². The molecule has 2 saturated heterocycles. The van der Waals surface area contributed by atoms with E-state index in [0.29, 0.717) is 49.4 Å². The Kier molecular flexibility index (Phi) is 4.96. The quantitative estimate of drug-likeness (QED) is 0.898. The number of carbonyl (C=O) groups is 2. The van der Waals surface area contributed by atoms with Crippen molar-refractivity contribution in [2.45, 2.75) is 32.5 Å². The highest BCUT2D eigenvalue weighted by Crippen LogP contribution is 2.38. The van der Waals surface area contributed by atoms with Crippen LogP contribution < -0.4 is 5.32 Å². The fourth-order valence-electron chi connectivity index (χ4n) is 3.86. The summed E-state index contributed by atoms with van der Waals surface area (Å²) in [6.45, 7) is 4.84. The zero-order valence-corrected chi connectivity index (χ0v) is 15.1. The van der Waals surface area contributed by atoms with Crippen molar-refractivity contribution in [3.63, 3.8) is 0 Å². The molecule has 1 N–H and O–H groups in total. The average Bonchev–Trinajstić information content (AvgIpc) is 3.17. The fourth-order valence-corrected chi connectivity index (χ4v) is 3.86. The van der Waals surface area contributed by atoms with Crippen molar-refractivity contribution < 1.29 is 19.1 Å². The normalized spacial score (nSPS) is 26.7. The van der Waals surface area contributed by atoms with E-state index in [0.717, 1.165) is 19.3 Å². The third kappa shape index (κ3) is 3.76. The molecule has 6 heteroatoms. The predicted molar refractivity (Wildman–Crippen MR) is 96.7 cm³/mol. The largest absolute Gasteiger partial charge is 0.350 e. The minimum atomic E-state index is -0.101. The summed E-state index contributed by atoms with van der Waals surface area (Å²) in [5, 5.41) is 2.93. The zero-order valence-electron chi connectivity index (χ0n) is 15.1. The third-order valence-corrected chi connectivity index (χ3v) is 5.68. The van der Waals surface area contributed by atoms with E-state index in [1.165, 1.54) is 0 Å². The van der Waals surface area contributed by atoms with Crippen LogP contribution in [0.3, 0.4) is 0 Å². The van der Waals surface area contributed by atoms with Gasteiger partial charge in [0.15, 0.2) is 6.29 Å². The second-order valence-electron chi connectivity index (χ2n) is 7.63. The Morgan fingerprint density at radius 1 is 1.15 bits per heavy atom. The maximum atomic E-state index is 12.8. The number of benzene rings is 1. The molecule has 1 aromatic rings. The highest BCUT2D eigenvalue weighted by atomic mass is 16.7. The van der Waals surface area contributed by atoms with Crippen LogP contribution in [0.2, 0.25) is 0 Å². The molecule has 3 fully saturated rings. The Bertz CT molecular complexity index is 678. The number of amides is 2. The minimum Gasteiger partial charge on any atom is -0.350 e. The second kappa shape index (κ2) is 7.37. The number of carbonyl (C=O) groups excluding carboxylic acids is 2. The first-order chi connectivity index (χ1) is 12.6. The van der Waals surface area contributed by atoms with Gasteiger partial charge in [-0.1, -0.05) is 13.0 Å². The first kappa shape index (κ1) is 17.5. The van der Waals surface area contributed by atoms with Gasteiger partial charge >= 0.3 is 0 Å². The summed E-state index contributed by atoms with van der Waals surface area (Å²) in [7, 11) is 0. The van der Waals surface area contributed by atoms with Gasteiger partial charge in [-0.25, -0.2) is 0 Å². The van der Waals surface area contributed by atoms with Gasteiger partial charge in [0.25, 0.3) is 5.91 Å². The molecule has 2 atom stereocenters. The van der Waals surface area contributed by atoms with Crippen molar-refractivity contribution in [3.05, 3.63) is 29.8 Å². The summed E-state index contributed by atoms with van der Waals surface area (Å²) in [5.74, 6) is 1.03. The SMILES string of the molecule is CC1CC1C(=O)Nc1cccc(C(=O)N2CCC(C3OCCO3)CC2)c1. The van der Waals surface area contributed by atoms with Gasteiger partial charge in [-0.2, -0.15) is 0 Å². The van der Waals surface area contributed by atoms with E-state index >= 15 is 0 Å². The number of anilines is 1. The molecule has 2 heterocycles. The van der Waals surface area contributed by atoms with Gasteiger partial charge in [-0.15, -0.1) is 0 Å². The number of rotatable bonds is 4. The Balaban J connectivity index is 1.34. The van der Waals surface area contributed by atoms with Crippen LogP contribution >= 0.6 is 0 Å². The molecule has 2 aliphatic heterocycles. The lowest BCUT2D eigenvalue weighted by Crippen LogP contribution is -2.41. The number of hydrogen-bond acceptors (Lipinski definition) is 4. The number of nitrogens with zero attached hydrogens (tertiary/aromatic N) is 1. The molecule has 140 valence electrons. The molecule has 2 unspecified atom stereocenters. The average molecular weight is 358 g/mol. The molecular formula is C20H26N2O4. The van der Waals surface area contributed by atoms with Crippen LogP contribution in [0, 0.1) is 17.8 Å². The molecule has 0 aromatic heterocycles. The summed E-state index contributed by atoms with van der Waals surface area (Å²) in [6, 6.07) is 7.25. The number of hydrogen-bond donors (Lipinski definition) is 1. The molecular weight excluding hydrogens is 332 g/mol.